The molecule has 0 heterocycles. The van der Waals surface area contributed by atoms with E-state index >= 15 is 0 Å². The molecule has 1 aliphatic carbocycles. The minimum absolute atomic E-state index is 0.169. The molecule has 1 saturated carbocycles. The van der Waals surface area contributed by atoms with E-state index in [0.29, 0.717) is 10.6 Å². The fourth-order valence-electron chi connectivity index (χ4n) is 2.05. The molecular formula is C12H12BrClO. The van der Waals surface area contributed by atoms with Gasteiger partial charge in [0.25, 0.3) is 0 Å². The van der Waals surface area contributed by atoms with Gasteiger partial charge in [0.2, 0.25) is 0 Å². The van der Waals surface area contributed by atoms with Gasteiger partial charge < -0.3 is 0 Å². The van der Waals surface area contributed by atoms with Gasteiger partial charge in [-0.15, -0.1) is 0 Å². The lowest BCUT2D eigenvalue weighted by Gasteiger charge is -2.19. The third-order valence-corrected chi connectivity index (χ3v) is 4.28. The molecule has 80 valence electrons. The highest BCUT2D eigenvalue weighted by molar-refractivity contribution is 9.10. The van der Waals surface area contributed by atoms with Crippen LogP contribution in [0.5, 0.6) is 0 Å². The number of Topliss-reactive ketones (excluding diaryl/α,β-unsaturated/α-hetero) is 1. The standard InChI is InChI=1S/C12H12BrClO/c13-12(6-1-2-7-12)11(15)9-4-3-5-10(14)8-9/h3-5,8H,1-2,6-7H2. The van der Waals surface area contributed by atoms with E-state index in [-0.39, 0.29) is 10.1 Å². The van der Waals surface area contributed by atoms with Crippen LogP contribution in [0.4, 0.5) is 0 Å². The molecule has 0 atom stereocenters. The summed E-state index contributed by atoms with van der Waals surface area (Å²) in [7, 11) is 0. The van der Waals surface area contributed by atoms with Crippen LogP contribution in [0.3, 0.4) is 0 Å². The van der Waals surface area contributed by atoms with Gasteiger partial charge in [0.05, 0.1) is 4.32 Å². The number of ketones is 1. The highest BCUT2D eigenvalue weighted by atomic mass is 79.9. The average molecular weight is 288 g/mol. The lowest BCUT2D eigenvalue weighted by molar-refractivity contribution is 0.0948. The largest absolute Gasteiger partial charge is 0.293 e. The maximum absolute atomic E-state index is 12.2. The second-order valence-electron chi connectivity index (χ2n) is 4.01. The number of benzene rings is 1. The van der Waals surface area contributed by atoms with Crippen LogP contribution in [0.25, 0.3) is 0 Å². The van der Waals surface area contributed by atoms with Crippen molar-refractivity contribution in [3.8, 4) is 0 Å². The number of alkyl halides is 1. The Morgan fingerprint density at radius 2 is 2.00 bits per heavy atom. The molecule has 0 N–H and O–H groups in total. The SMILES string of the molecule is O=C(c1cccc(Cl)c1)C1(Br)CCCC1. The molecule has 0 amide bonds. The average Bonchev–Trinajstić information content (AvgIpc) is 2.65. The first-order valence-corrected chi connectivity index (χ1v) is 6.28. The zero-order valence-electron chi connectivity index (χ0n) is 8.30. The predicted octanol–water partition coefficient (Wildman–Crippen LogP) is 4.23. The fraction of sp³-hybridized carbons (Fsp3) is 0.417. The van der Waals surface area contributed by atoms with Crippen LogP contribution in [0.1, 0.15) is 36.0 Å². The molecule has 0 radical (unpaired) electrons. The van der Waals surface area contributed by atoms with Gasteiger partial charge in [0.15, 0.2) is 5.78 Å². The van der Waals surface area contributed by atoms with Crippen LogP contribution < -0.4 is 0 Å². The molecule has 0 saturated heterocycles. The molecule has 0 aliphatic heterocycles. The molecule has 0 unspecified atom stereocenters. The smallest absolute Gasteiger partial charge is 0.179 e. The van der Waals surface area contributed by atoms with Crippen molar-refractivity contribution < 1.29 is 4.79 Å². The molecule has 1 aromatic carbocycles. The highest BCUT2D eigenvalue weighted by Gasteiger charge is 2.38. The first-order chi connectivity index (χ1) is 7.12. The number of halogens is 2. The van der Waals surface area contributed by atoms with Crippen molar-refractivity contribution in [3.63, 3.8) is 0 Å². The number of rotatable bonds is 2. The van der Waals surface area contributed by atoms with Gasteiger partial charge in [-0.2, -0.15) is 0 Å². The van der Waals surface area contributed by atoms with E-state index < -0.39 is 0 Å². The molecule has 1 aromatic rings. The summed E-state index contributed by atoms with van der Waals surface area (Å²) in [5.41, 5.74) is 0.710. The molecular weight excluding hydrogens is 275 g/mol. The van der Waals surface area contributed by atoms with E-state index in [1.54, 1.807) is 12.1 Å². The third-order valence-electron chi connectivity index (χ3n) is 2.89. The van der Waals surface area contributed by atoms with Crippen molar-refractivity contribution in [1.29, 1.82) is 0 Å². The summed E-state index contributed by atoms with van der Waals surface area (Å²) in [6, 6.07) is 7.18. The van der Waals surface area contributed by atoms with E-state index in [9.17, 15) is 4.79 Å². The van der Waals surface area contributed by atoms with Crippen LogP contribution in [-0.4, -0.2) is 10.1 Å². The van der Waals surface area contributed by atoms with E-state index in [0.717, 1.165) is 25.7 Å². The Morgan fingerprint density at radius 3 is 2.60 bits per heavy atom. The number of carbonyl (C=O) groups excluding carboxylic acids is 1. The van der Waals surface area contributed by atoms with E-state index in [1.807, 2.05) is 12.1 Å². The molecule has 1 aliphatic rings. The molecule has 1 nitrogen and oxygen atoms in total. The van der Waals surface area contributed by atoms with Crippen LogP contribution in [-0.2, 0) is 0 Å². The first kappa shape index (κ1) is 11.2. The summed E-state index contributed by atoms with van der Waals surface area (Å²) in [6.07, 6.45) is 4.10. The Kier molecular flexibility index (Phi) is 3.17. The zero-order valence-corrected chi connectivity index (χ0v) is 10.6. The molecule has 0 bridgehead atoms. The second-order valence-corrected chi connectivity index (χ2v) is 5.97. The van der Waals surface area contributed by atoms with Crippen molar-refractivity contribution in [2.75, 3.05) is 0 Å². The lowest BCUT2D eigenvalue weighted by atomic mass is 9.96. The van der Waals surface area contributed by atoms with Crippen LogP contribution in [0.15, 0.2) is 24.3 Å². The van der Waals surface area contributed by atoms with Crippen molar-refractivity contribution in [2.24, 2.45) is 0 Å². The summed E-state index contributed by atoms with van der Waals surface area (Å²) in [4.78, 5) is 12.2. The fourth-order valence-corrected chi connectivity index (χ4v) is 3.03. The van der Waals surface area contributed by atoms with Gasteiger partial charge in [-0.25, -0.2) is 0 Å². The number of hydrogen-bond donors (Lipinski definition) is 0. The van der Waals surface area contributed by atoms with Crippen LogP contribution >= 0.6 is 27.5 Å². The van der Waals surface area contributed by atoms with Crippen molar-refractivity contribution >= 4 is 33.3 Å². The molecule has 15 heavy (non-hydrogen) atoms. The topological polar surface area (TPSA) is 17.1 Å². The van der Waals surface area contributed by atoms with E-state index in [2.05, 4.69) is 15.9 Å². The van der Waals surface area contributed by atoms with Crippen LogP contribution in [0.2, 0.25) is 5.02 Å². The van der Waals surface area contributed by atoms with Gasteiger partial charge >= 0.3 is 0 Å². The monoisotopic (exact) mass is 286 g/mol. The Labute approximate surface area is 103 Å². The molecule has 3 heteroatoms. The predicted molar refractivity (Wildman–Crippen MR) is 65.9 cm³/mol. The summed E-state index contributed by atoms with van der Waals surface area (Å²) in [5, 5.41) is 0.620. The van der Waals surface area contributed by atoms with Crippen molar-refractivity contribution in [2.45, 2.75) is 30.0 Å². The Morgan fingerprint density at radius 1 is 1.33 bits per heavy atom. The number of carbonyl (C=O) groups is 1. The minimum atomic E-state index is -0.336. The molecule has 1 fully saturated rings. The van der Waals surface area contributed by atoms with Gasteiger partial charge in [-0.3, -0.25) is 4.79 Å². The molecule has 2 rings (SSSR count). The van der Waals surface area contributed by atoms with Gasteiger partial charge in [-0.1, -0.05) is 52.5 Å². The number of hydrogen-bond acceptors (Lipinski definition) is 1. The highest BCUT2D eigenvalue weighted by Crippen LogP contribution is 2.40. The van der Waals surface area contributed by atoms with E-state index in [4.69, 9.17) is 11.6 Å². The van der Waals surface area contributed by atoms with Gasteiger partial charge in [0.1, 0.15) is 0 Å². The summed E-state index contributed by atoms with van der Waals surface area (Å²) in [5.74, 6) is 0.169. The quantitative estimate of drug-likeness (QED) is 0.587. The third kappa shape index (κ3) is 2.26. The van der Waals surface area contributed by atoms with Crippen molar-refractivity contribution in [3.05, 3.63) is 34.9 Å². The Bertz CT molecular complexity index is 383. The van der Waals surface area contributed by atoms with Crippen molar-refractivity contribution in [1.82, 2.24) is 0 Å². The van der Waals surface area contributed by atoms with E-state index in [1.165, 1.54) is 0 Å². The van der Waals surface area contributed by atoms with Gasteiger partial charge in [-0.05, 0) is 25.0 Å². The Hall–Kier alpha value is -0.340. The Balaban J connectivity index is 2.27. The normalized spacial score (nSPS) is 19.1. The zero-order chi connectivity index (χ0) is 10.9. The summed E-state index contributed by atoms with van der Waals surface area (Å²) < 4.78 is -0.336. The minimum Gasteiger partial charge on any atom is -0.293 e. The summed E-state index contributed by atoms with van der Waals surface area (Å²) in [6.45, 7) is 0. The maximum Gasteiger partial charge on any atom is 0.179 e. The maximum atomic E-state index is 12.2. The first-order valence-electron chi connectivity index (χ1n) is 5.11. The lowest BCUT2D eigenvalue weighted by Crippen LogP contribution is -2.28. The summed E-state index contributed by atoms with van der Waals surface area (Å²) >= 11 is 9.45. The molecule has 0 aromatic heterocycles. The van der Waals surface area contributed by atoms with Crippen LogP contribution in [0, 0.1) is 0 Å². The second kappa shape index (κ2) is 4.26. The molecule has 0 spiro atoms. The van der Waals surface area contributed by atoms with Gasteiger partial charge in [0, 0.05) is 10.6 Å².